The van der Waals surface area contributed by atoms with E-state index in [2.05, 4.69) is 36.4 Å². The summed E-state index contributed by atoms with van der Waals surface area (Å²) >= 11 is 0. The molecular formula is C18H24Cl3P3. The standard InChI is InChI=1S/3C6H7P.3ClH/c3*7-6-4-2-1-3-5-6;;;/h3*1-5H,7H2;3*1H. The molecule has 0 aliphatic carbocycles. The van der Waals surface area contributed by atoms with Crippen LogP contribution in [0, 0.1) is 0 Å². The van der Waals surface area contributed by atoms with E-state index < -0.39 is 0 Å². The molecule has 132 valence electrons. The first-order valence-electron chi connectivity index (χ1n) is 6.79. The smallest absolute Gasteiger partial charge is 0.0865 e. The number of rotatable bonds is 0. The lowest BCUT2D eigenvalue weighted by Crippen LogP contribution is -3.00. The van der Waals surface area contributed by atoms with Gasteiger partial charge in [0, 0.05) is 27.7 Å². The molecule has 0 heterocycles. The molecule has 0 radical (unpaired) electrons. The Bertz CT molecular complexity index is 505. The lowest BCUT2D eigenvalue weighted by molar-refractivity contribution is -0.001000. The van der Waals surface area contributed by atoms with Crippen LogP contribution in [0.5, 0.6) is 0 Å². The van der Waals surface area contributed by atoms with Gasteiger partial charge in [-0.2, -0.15) is 0 Å². The van der Waals surface area contributed by atoms with Gasteiger partial charge in [0.2, 0.25) is 0 Å². The minimum absolute atomic E-state index is 0. The monoisotopic (exact) mass is 438 g/mol. The van der Waals surface area contributed by atoms with E-state index in [1.165, 1.54) is 15.9 Å². The molecule has 0 spiro atoms. The zero-order valence-corrected chi connectivity index (χ0v) is 19.9. The van der Waals surface area contributed by atoms with E-state index in [-0.39, 0.29) is 37.2 Å². The van der Waals surface area contributed by atoms with Crippen molar-refractivity contribution >= 4 is 43.6 Å². The zero-order valence-electron chi connectivity index (χ0n) is 13.4. The Labute approximate surface area is 171 Å². The van der Waals surface area contributed by atoms with E-state index in [1.54, 1.807) is 0 Å². The molecule has 0 fully saturated rings. The van der Waals surface area contributed by atoms with Gasteiger partial charge in [-0.15, -0.1) is 0 Å². The zero-order chi connectivity index (χ0) is 15.3. The summed E-state index contributed by atoms with van der Waals surface area (Å²) in [5.41, 5.74) is 0. The highest BCUT2D eigenvalue weighted by Crippen LogP contribution is 1.87. The van der Waals surface area contributed by atoms with E-state index in [9.17, 15) is 0 Å². The number of hydrogen-bond acceptors (Lipinski definition) is 0. The molecule has 0 amide bonds. The van der Waals surface area contributed by atoms with Crippen LogP contribution in [0.15, 0.2) is 91.0 Å². The lowest BCUT2D eigenvalue weighted by atomic mass is 10.4. The van der Waals surface area contributed by atoms with Crippen molar-refractivity contribution in [3.63, 3.8) is 0 Å². The maximum atomic E-state index is 2.10. The van der Waals surface area contributed by atoms with Gasteiger partial charge >= 0.3 is 0 Å². The van der Waals surface area contributed by atoms with Crippen LogP contribution in [-0.2, 0) is 0 Å². The summed E-state index contributed by atoms with van der Waals surface area (Å²) < 4.78 is 0. The molecule has 3 aromatic carbocycles. The predicted octanol–water partition coefficient (Wildman–Crippen LogP) is -6.23. The molecule has 3 aromatic rings. The van der Waals surface area contributed by atoms with Gasteiger partial charge in [0.05, 0.1) is 15.9 Å². The van der Waals surface area contributed by atoms with Gasteiger partial charge in [0.15, 0.2) is 0 Å². The van der Waals surface area contributed by atoms with Gasteiger partial charge in [-0.3, -0.25) is 0 Å². The Balaban J connectivity index is -0.000000259. The van der Waals surface area contributed by atoms with Crippen molar-refractivity contribution in [2.75, 3.05) is 0 Å². The van der Waals surface area contributed by atoms with Crippen molar-refractivity contribution in [1.29, 1.82) is 0 Å². The minimum atomic E-state index is 0. The van der Waals surface area contributed by atoms with Crippen LogP contribution >= 0.6 is 27.7 Å². The molecule has 3 unspecified atom stereocenters. The average molecular weight is 440 g/mol. The van der Waals surface area contributed by atoms with Crippen LogP contribution in [0.4, 0.5) is 0 Å². The van der Waals surface area contributed by atoms with Crippen molar-refractivity contribution in [2.45, 2.75) is 0 Å². The molecule has 3 atom stereocenters. The van der Waals surface area contributed by atoms with E-state index in [1.807, 2.05) is 82.3 Å². The second-order valence-corrected chi connectivity index (χ2v) is 6.91. The fraction of sp³-hybridized carbons (Fsp3) is 0. The van der Waals surface area contributed by atoms with Gasteiger partial charge in [-0.05, 0) is 36.4 Å². The Hall–Kier alpha value is -0.180. The van der Waals surface area contributed by atoms with Crippen LogP contribution in [0.25, 0.3) is 0 Å². The normalized spacial score (nSPS) is 8.00. The molecule has 0 bridgehead atoms. The summed E-state index contributed by atoms with van der Waals surface area (Å²) in [5, 5.41) is 4.05. The molecule has 24 heavy (non-hydrogen) atoms. The van der Waals surface area contributed by atoms with E-state index in [4.69, 9.17) is 0 Å². The molecule has 0 N–H and O–H groups in total. The van der Waals surface area contributed by atoms with Crippen LogP contribution < -0.4 is 53.1 Å². The fourth-order valence-corrected chi connectivity index (χ4v) is 2.25. The highest BCUT2D eigenvalue weighted by molar-refractivity contribution is 7.27. The Morgan fingerprint density at radius 1 is 0.333 bits per heavy atom. The second kappa shape index (κ2) is 19.1. The quantitative estimate of drug-likeness (QED) is 0.306. The van der Waals surface area contributed by atoms with Crippen molar-refractivity contribution in [3.8, 4) is 0 Å². The van der Waals surface area contributed by atoms with Crippen LogP contribution in [0.2, 0.25) is 0 Å². The summed E-state index contributed by atoms with van der Waals surface area (Å²) in [6.45, 7) is 0. The highest BCUT2D eigenvalue weighted by atomic mass is 35.5. The van der Waals surface area contributed by atoms with Gasteiger partial charge < -0.3 is 37.2 Å². The third-order valence-electron chi connectivity index (χ3n) is 2.53. The molecule has 0 nitrogen and oxygen atoms in total. The van der Waals surface area contributed by atoms with Gasteiger partial charge in [-0.1, -0.05) is 54.6 Å². The summed E-state index contributed by atoms with van der Waals surface area (Å²) in [5.74, 6) is 0. The summed E-state index contributed by atoms with van der Waals surface area (Å²) in [7, 11) is 5.70. The largest absolute Gasteiger partial charge is 1.00 e. The number of benzene rings is 3. The summed E-state index contributed by atoms with van der Waals surface area (Å²) in [4.78, 5) is 0. The van der Waals surface area contributed by atoms with Crippen molar-refractivity contribution in [1.82, 2.24) is 0 Å². The molecule has 6 heteroatoms. The van der Waals surface area contributed by atoms with E-state index in [0.717, 1.165) is 0 Å². The number of halogens is 3. The lowest BCUT2D eigenvalue weighted by Gasteiger charge is -1.77. The molecule has 0 saturated heterocycles. The van der Waals surface area contributed by atoms with Gasteiger partial charge in [-0.25, -0.2) is 0 Å². The third-order valence-corrected chi connectivity index (χ3v) is 3.94. The highest BCUT2D eigenvalue weighted by Gasteiger charge is 1.79. The molecule has 3 rings (SSSR count). The molecule has 0 aliphatic rings. The Kier molecular flexibility index (Phi) is 22.8. The first kappa shape index (κ1) is 28.6. The molecule has 0 aliphatic heterocycles. The topological polar surface area (TPSA) is 0 Å². The third kappa shape index (κ3) is 16.7. The summed E-state index contributed by atoms with van der Waals surface area (Å²) in [6.07, 6.45) is 0. The van der Waals surface area contributed by atoms with E-state index >= 15 is 0 Å². The van der Waals surface area contributed by atoms with Crippen molar-refractivity contribution < 1.29 is 37.2 Å². The minimum Gasteiger partial charge on any atom is -1.00 e. The van der Waals surface area contributed by atoms with Crippen molar-refractivity contribution in [3.05, 3.63) is 91.0 Å². The Morgan fingerprint density at radius 3 is 0.583 bits per heavy atom. The molecular weight excluding hydrogens is 415 g/mol. The summed E-state index contributed by atoms with van der Waals surface area (Å²) in [6, 6.07) is 30.9. The van der Waals surface area contributed by atoms with Gasteiger partial charge in [0.1, 0.15) is 0 Å². The number of hydrogen-bond donors (Lipinski definition) is 0. The van der Waals surface area contributed by atoms with Crippen LogP contribution in [0.1, 0.15) is 0 Å². The molecule has 0 aromatic heterocycles. The first-order chi connectivity index (χ1) is 10.2. The first-order valence-corrected chi connectivity index (χ1v) is 8.91. The average Bonchev–Trinajstić information content (AvgIpc) is 2.51. The predicted molar refractivity (Wildman–Crippen MR) is 112 cm³/mol. The fourth-order valence-electron chi connectivity index (χ4n) is 1.43. The van der Waals surface area contributed by atoms with Gasteiger partial charge in [0.25, 0.3) is 0 Å². The van der Waals surface area contributed by atoms with E-state index in [0.29, 0.717) is 0 Å². The second-order valence-electron chi connectivity index (χ2n) is 4.46. The molecule has 0 saturated carbocycles. The Morgan fingerprint density at radius 2 is 0.500 bits per heavy atom. The maximum absolute atomic E-state index is 2.10. The van der Waals surface area contributed by atoms with Crippen LogP contribution in [0.3, 0.4) is 0 Å². The maximum Gasteiger partial charge on any atom is 0.0865 e. The van der Waals surface area contributed by atoms with Crippen molar-refractivity contribution in [2.24, 2.45) is 0 Å². The SMILES string of the molecule is [Cl-].[Cl-].[Cl-].[PH3+]c1ccccc1.[PH3+]c1ccccc1.[PH3+]c1ccccc1. The van der Waals surface area contributed by atoms with Crippen LogP contribution in [-0.4, -0.2) is 0 Å².